The van der Waals surface area contributed by atoms with E-state index in [-0.39, 0.29) is 0 Å². The van der Waals surface area contributed by atoms with Crippen LogP contribution in [0.25, 0.3) is 0 Å². The fraction of sp³-hybridized carbons (Fsp3) is 1.00. The molecule has 0 aromatic carbocycles. The van der Waals surface area contributed by atoms with E-state index in [2.05, 4.69) is 0 Å². The van der Waals surface area contributed by atoms with Crippen molar-refractivity contribution >= 4 is 11.8 Å². The van der Waals surface area contributed by atoms with E-state index in [1.807, 2.05) is 0 Å². The van der Waals surface area contributed by atoms with Crippen LogP contribution in [0.4, 0.5) is 0 Å². The van der Waals surface area contributed by atoms with Crippen LogP contribution in [0, 0.1) is 0 Å². The number of ether oxygens (including phenoxy) is 5. The number of hydrogen-bond acceptors (Lipinski definition) is 16. The van der Waals surface area contributed by atoms with E-state index >= 15 is 0 Å². The van der Waals surface area contributed by atoms with Crippen molar-refractivity contribution in [3.05, 3.63) is 0 Å². The van der Waals surface area contributed by atoms with Crippen molar-refractivity contribution in [3.63, 3.8) is 0 Å². The number of rotatable bonds is 8. The van der Waals surface area contributed by atoms with E-state index in [1.54, 1.807) is 0 Å². The van der Waals surface area contributed by atoms with E-state index in [0.29, 0.717) is 0 Å². The number of methoxy groups -OCH3 is 1. The zero-order valence-electron chi connectivity index (χ0n) is 18.7. The third kappa shape index (κ3) is 6.09. The first-order valence-corrected chi connectivity index (χ1v) is 11.9. The monoisotopic (exact) mass is 534 g/mol. The van der Waals surface area contributed by atoms with Gasteiger partial charge < -0.3 is 74.7 Å². The molecule has 206 valence electrons. The molecule has 3 aliphatic heterocycles. The maximum absolute atomic E-state index is 10.9. The Morgan fingerprint density at radius 2 is 1.14 bits per heavy atom. The van der Waals surface area contributed by atoms with Crippen LogP contribution in [-0.4, -0.2) is 168 Å². The number of hydrogen-bond donors (Lipinski definition) is 10. The molecule has 0 spiro atoms. The molecule has 16 heteroatoms. The second-order valence-corrected chi connectivity index (χ2v) is 9.87. The molecule has 3 rings (SSSR count). The van der Waals surface area contributed by atoms with Crippen molar-refractivity contribution in [1.82, 2.24) is 0 Å². The highest BCUT2D eigenvalue weighted by Crippen LogP contribution is 2.38. The second-order valence-electron chi connectivity index (χ2n) is 8.59. The molecule has 0 radical (unpaired) electrons. The molecule has 0 aromatic rings. The predicted octanol–water partition coefficient (Wildman–Crippen LogP) is -6.20. The smallest absolute Gasteiger partial charge is 0.186 e. The van der Waals surface area contributed by atoms with Crippen LogP contribution in [-0.2, 0) is 23.7 Å². The maximum atomic E-state index is 10.9. The lowest BCUT2D eigenvalue weighted by atomic mass is 9.99. The standard InChI is InChI=1S/C19H34O15S/c1-30-17-15(29)16(35-19-14(28)12(26)9(23)6(3-21)34-19)10(24)7(33-17)4-31-18-13(27)11(25)8(22)5(2-20)32-18/h5-29H,2-4H2,1H3/t5-,6-,7-,8-,9-,10-,11+,12+,13+,14+,15+,16+,17+,18+,19-/m1/s1. The average Bonchev–Trinajstić information content (AvgIpc) is 2.85. The van der Waals surface area contributed by atoms with Gasteiger partial charge in [0.15, 0.2) is 12.6 Å². The summed E-state index contributed by atoms with van der Waals surface area (Å²) in [7, 11) is 1.23. The molecule has 0 bridgehead atoms. The maximum Gasteiger partial charge on any atom is 0.186 e. The second kappa shape index (κ2) is 12.5. The summed E-state index contributed by atoms with van der Waals surface area (Å²) in [5.74, 6) is 0. The number of aliphatic hydroxyl groups is 10. The Bertz CT molecular complexity index is 658. The van der Waals surface area contributed by atoms with Crippen molar-refractivity contribution in [2.24, 2.45) is 0 Å². The van der Waals surface area contributed by atoms with Gasteiger partial charge in [-0.2, -0.15) is 0 Å². The largest absolute Gasteiger partial charge is 0.394 e. The van der Waals surface area contributed by atoms with Crippen molar-refractivity contribution in [2.75, 3.05) is 26.9 Å². The topological polar surface area (TPSA) is 248 Å². The normalized spacial score (nSPS) is 51.3. The molecule has 0 unspecified atom stereocenters. The fourth-order valence-electron chi connectivity index (χ4n) is 4.13. The predicted molar refractivity (Wildman–Crippen MR) is 113 cm³/mol. The Labute approximate surface area is 204 Å². The van der Waals surface area contributed by atoms with Gasteiger partial charge in [-0.05, 0) is 0 Å². The molecule has 0 amide bonds. The van der Waals surface area contributed by atoms with E-state index in [4.69, 9.17) is 23.7 Å². The van der Waals surface area contributed by atoms with Crippen molar-refractivity contribution in [3.8, 4) is 0 Å². The molecule has 15 atom stereocenters. The first kappa shape index (κ1) is 29.3. The molecule has 3 fully saturated rings. The zero-order valence-corrected chi connectivity index (χ0v) is 19.5. The Balaban J connectivity index is 1.69. The summed E-state index contributed by atoms with van der Waals surface area (Å²) in [6, 6.07) is 0. The van der Waals surface area contributed by atoms with Gasteiger partial charge in [0, 0.05) is 7.11 Å². The summed E-state index contributed by atoms with van der Waals surface area (Å²) in [4.78, 5) is 0. The molecule has 15 nitrogen and oxygen atoms in total. The van der Waals surface area contributed by atoms with Gasteiger partial charge >= 0.3 is 0 Å². The minimum absolute atomic E-state index is 0.456. The third-order valence-corrected chi connectivity index (χ3v) is 7.82. The Hall–Kier alpha value is -0.250. The minimum Gasteiger partial charge on any atom is -0.394 e. The Morgan fingerprint density at radius 1 is 0.600 bits per heavy atom. The van der Waals surface area contributed by atoms with Gasteiger partial charge in [0.1, 0.15) is 66.5 Å². The van der Waals surface area contributed by atoms with E-state index in [1.165, 1.54) is 7.11 Å². The highest BCUT2D eigenvalue weighted by molar-refractivity contribution is 8.00. The van der Waals surface area contributed by atoms with Crippen molar-refractivity contribution in [2.45, 2.75) is 90.4 Å². The van der Waals surface area contributed by atoms with Gasteiger partial charge in [-0.15, -0.1) is 11.8 Å². The van der Waals surface area contributed by atoms with Crippen LogP contribution in [0.5, 0.6) is 0 Å². The van der Waals surface area contributed by atoms with E-state index in [0.717, 1.165) is 11.8 Å². The van der Waals surface area contributed by atoms with Gasteiger partial charge in [0.25, 0.3) is 0 Å². The quantitative estimate of drug-likeness (QED) is 0.139. The molecule has 3 aliphatic rings. The third-order valence-electron chi connectivity index (χ3n) is 6.29. The molecule has 3 saturated heterocycles. The molecule has 10 N–H and O–H groups in total. The number of aliphatic hydroxyl groups excluding tert-OH is 10. The van der Waals surface area contributed by atoms with Gasteiger partial charge in [0.05, 0.1) is 31.2 Å². The molecular weight excluding hydrogens is 500 g/mol. The SMILES string of the molecule is CO[C@H]1O[C@H](CO[C@H]2O[C@H](CO)[C@@H](O)[C@H](O)[C@@H]2O)[C@@H](O)[C@H](S[C@H]2O[C@H](CO)[C@@H](O)[C@H](O)[C@@H]2O)[C@@H]1O. The lowest BCUT2D eigenvalue weighted by Crippen LogP contribution is -2.62. The number of thioether (sulfide) groups is 1. The Kier molecular flexibility index (Phi) is 10.5. The summed E-state index contributed by atoms with van der Waals surface area (Å²) < 4.78 is 26.8. The lowest BCUT2D eigenvalue weighted by Gasteiger charge is -2.46. The van der Waals surface area contributed by atoms with E-state index in [9.17, 15) is 51.1 Å². The summed E-state index contributed by atoms with van der Waals surface area (Å²) in [6.45, 7) is -1.78. The first-order chi connectivity index (χ1) is 16.5. The summed E-state index contributed by atoms with van der Waals surface area (Å²) in [5, 5.41) is 99.2. The van der Waals surface area contributed by atoms with Crippen molar-refractivity contribution in [1.29, 1.82) is 0 Å². The lowest BCUT2D eigenvalue weighted by molar-refractivity contribution is -0.318. The molecular formula is C19H34O15S. The molecule has 0 aromatic heterocycles. The van der Waals surface area contributed by atoms with Gasteiger partial charge in [-0.1, -0.05) is 0 Å². The van der Waals surface area contributed by atoms with E-state index < -0.39 is 110 Å². The highest BCUT2D eigenvalue weighted by atomic mass is 32.2. The van der Waals surface area contributed by atoms with Crippen LogP contribution in [0.3, 0.4) is 0 Å². The van der Waals surface area contributed by atoms with Crippen LogP contribution < -0.4 is 0 Å². The molecule has 0 saturated carbocycles. The minimum atomic E-state index is -1.68. The average molecular weight is 535 g/mol. The molecule has 0 aliphatic carbocycles. The van der Waals surface area contributed by atoms with Crippen LogP contribution in [0.2, 0.25) is 0 Å². The van der Waals surface area contributed by atoms with Crippen LogP contribution in [0.1, 0.15) is 0 Å². The molecule has 35 heavy (non-hydrogen) atoms. The summed E-state index contributed by atoms with van der Waals surface area (Å²) in [6.07, 6.45) is -19.1. The van der Waals surface area contributed by atoms with Gasteiger partial charge in [-0.3, -0.25) is 0 Å². The van der Waals surface area contributed by atoms with Crippen LogP contribution in [0.15, 0.2) is 0 Å². The summed E-state index contributed by atoms with van der Waals surface area (Å²) >= 11 is 0.724. The zero-order chi connectivity index (χ0) is 26.0. The Morgan fingerprint density at radius 3 is 1.71 bits per heavy atom. The van der Waals surface area contributed by atoms with Crippen molar-refractivity contribution < 1.29 is 74.7 Å². The van der Waals surface area contributed by atoms with Gasteiger partial charge in [0.2, 0.25) is 0 Å². The van der Waals surface area contributed by atoms with Gasteiger partial charge in [-0.25, -0.2) is 0 Å². The first-order valence-electron chi connectivity index (χ1n) is 11.0. The summed E-state index contributed by atoms with van der Waals surface area (Å²) in [5.41, 5.74) is -1.26. The fourth-order valence-corrected chi connectivity index (χ4v) is 5.59. The highest BCUT2D eigenvalue weighted by Gasteiger charge is 2.51. The van der Waals surface area contributed by atoms with Crippen LogP contribution >= 0.6 is 11.8 Å². The molecule has 3 heterocycles.